The minimum Gasteiger partial charge on any atom is -0.375 e. The molecule has 0 bridgehead atoms. The van der Waals surface area contributed by atoms with Gasteiger partial charge in [-0.25, -0.2) is 0 Å². The zero-order chi connectivity index (χ0) is 7.98. The molecule has 0 aromatic heterocycles. The topological polar surface area (TPSA) is 55.2 Å². The Morgan fingerprint density at radius 2 is 2.50 bits per heavy atom. The molecule has 58 valence electrons. The summed E-state index contributed by atoms with van der Waals surface area (Å²) in [4.78, 5) is 9.46. The molecular weight excluding hydrogens is 152 g/mol. The summed E-state index contributed by atoms with van der Waals surface area (Å²) in [6.07, 6.45) is 2.76. The van der Waals surface area contributed by atoms with Crippen LogP contribution in [0.2, 0.25) is 0 Å². The minimum atomic E-state index is -0.464. The first-order chi connectivity index (χ1) is 4.70. The molecule has 0 aliphatic heterocycles. The Hall–Kier alpha value is -0.710. The fourth-order valence-electron chi connectivity index (χ4n) is 0.440. The van der Waals surface area contributed by atoms with E-state index in [1.165, 1.54) is 11.8 Å². The van der Waals surface area contributed by atoms with Crippen molar-refractivity contribution in [3.63, 3.8) is 0 Å². The number of nitrogens with zero attached hydrogens (tertiary/aromatic N) is 1. The standard InChI is InChI=1S/C5H10N2O2S/c1-3-6-5(10-2)4-7(8)9/h4,6H,3H2,1-2H3/b5-4-. The van der Waals surface area contributed by atoms with Crippen molar-refractivity contribution < 1.29 is 4.92 Å². The molecule has 0 heterocycles. The van der Waals surface area contributed by atoms with Gasteiger partial charge in [-0.2, -0.15) is 0 Å². The van der Waals surface area contributed by atoms with Crippen molar-refractivity contribution in [2.24, 2.45) is 0 Å². The first-order valence-corrected chi connectivity index (χ1v) is 4.06. The van der Waals surface area contributed by atoms with E-state index in [9.17, 15) is 10.1 Å². The molecule has 0 aromatic rings. The molecule has 0 fully saturated rings. The van der Waals surface area contributed by atoms with Crippen LogP contribution in [-0.4, -0.2) is 17.7 Å². The molecule has 5 heteroatoms. The average molecular weight is 162 g/mol. The zero-order valence-electron chi connectivity index (χ0n) is 5.96. The molecular formula is C5H10N2O2S. The van der Waals surface area contributed by atoms with Gasteiger partial charge in [0, 0.05) is 6.54 Å². The van der Waals surface area contributed by atoms with Crippen molar-refractivity contribution >= 4 is 11.8 Å². The molecule has 10 heavy (non-hydrogen) atoms. The van der Waals surface area contributed by atoms with E-state index in [-0.39, 0.29) is 0 Å². The van der Waals surface area contributed by atoms with Crippen LogP contribution < -0.4 is 5.32 Å². The second-order valence-corrected chi connectivity index (χ2v) is 2.36. The largest absolute Gasteiger partial charge is 0.375 e. The van der Waals surface area contributed by atoms with Crippen LogP contribution in [0.15, 0.2) is 11.2 Å². The second-order valence-electron chi connectivity index (χ2n) is 1.51. The van der Waals surface area contributed by atoms with Gasteiger partial charge in [-0.15, -0.1) is 11.8 Å². The number of thioether (sulfide) groups is 1. The third-order valence-corrected chi connectivity index (χ3v) is 1.48. The van der Waals surface area contributed by atoms with Crippen LogP contribution in [0.5, 0.6) is 0 Å². The van der Waals surface area contributed by atoms with Gasteiger partial charge >= 0.3 is 0 Å². The van der Waals surface area contributed by atoms with E-state index in [4.69, 9.17) is 0 Å². The molecule has 0 saturated carbocycles. The first kappa shape index (κ1) is 9.29. The van der Waals surface area contributed by atoms with Crippen molar-refractivity contribution in [3.8, 4) is 0 Å². The maximum atomic E-state index is 9.92. The zero-order valence-corrected chi connectivity index (χ0v) is 6.77. The molecule has 0 amide bonds. The quantitative estimate of drug-likeness (QED) is 0.495. The Balaban J connectivity index is 3.91. The maximum Gasteiger partial charge on any atom is 0.263 e. The van der Waals surface area contributed by atoms with Crippen LogP contribution in [0.1, 0.15) is 6.92 Å². The van der Waals surface area contributed by atoms with Gasteiger partial charge in [-0.1, -0.05) is 0 Å². The van der Waals surface area contributed by atoms with E-state index in [1.54, 1.807) is 6.26 Å². The molecule has 0 aliphatic rings. The lowest BCUT2D eigenvalue weighted by atomic mass is 10.7. The summed E-state index contributed by atoms with van der Waals surface area (Å²) >= 11 is 1.33. The molecule has 0 rings (SSSR count). The molecule has 0 aromatic carbocycles. The van der Waals surface area contributed by atoms with E-state index in [0.717, 1.165) is 6.20 Å². The van der Waals surface area contributed by atoms with E-state index >= 15 is 0 Å². The summed E-state index contributed by atoms with van der Waals surface area (Å²) in [7, 11) is 0. The predicted molar refractivity (Wildman–Crippen MR) is 42.3 cm³/mol. The van der Waals surface area contributed by atoms with Gasteiger partial charge in [0.05, 0.1) is 4.92 Å². The molecule has 4 nitrogen and oxygen atoms in total. The van der Waals surface area contributed by atoms with Gasteiger partial charge in [0.1, 0.15) is 5.03 Å². The summed E-state index contributed by atoms with van der Waals surface area (Å²) < 4.78 is 0. The molecule has 0 radical (unpaired) electrons. The third kappa shape index (κ3) is 4.20. The molecule has 0 spiro atoms. The highest BCUT2D eigenvalue weighted by Gasteiger charge is 1.96. The summed E-state index contributed by atoms with van der Waals surface area (Å²) in [5.74, 6) is 0. The van der Waals surface area contributed by atoms with Crippen molar-refractivity contribution in [1.82, 2.24) is 5.32 Å². The average Bonchev–Trinajstić information content (AvgIpc) is 1.86. The summed E-state index contributed by atoms with van der Waals surface area (Å²) in [5, 5.41) is 13.4. The maximum absolute atomic E-state index is 9.92. The van der Waals surface area contributed by atoms with Crippen LogP contribution in [0.4, 0.5) is 0 Å². The number of rotatable bonds is 4. The van der Waals surface area contributed by atoms with Crippen LogP contribution in [0.3, 0.4) is 0 Å². The first-order valence-electron chi connectivity index (χ1n) is 2.84. The molecule has 0 atom stereocenters. The van der Waals surface area contributed by atoms with Gasteiger partial charge in [0.25, 0.3) is 6.20 Å². The van der Waals surface area contributed by atoms with Gasteiger partial charge in [-0.3, -0.25) is 10.1 Å². The van der Waals surface area contributed by atoms with Gasteiger partial charge in [0.2, 0.25) is 0 Å². The summed E-state index contributed by atoms with van der Waals surface area (Å²) in [5.41, 5.74) is 0. The lowest BCUT2D eigenvalue weighted by Crippen LogP contribution is -2.10. The SMILES string of the molecule is CCN/C(=C/[N+](=O)[O-])SC. The van der Waals surface area contributed by atoms with E-state index < -0.39 is 4.92 Å². The van der Waals surface area contributed by atoms with Crippen LogP contribution in [-0.2, 0) is 0 Å². The Labute approximate surface area is 63.8 Å². The fourth-order valence-corrected chi connectivity index (χ4v) is 0.921. The highest BCUT2D eigenvalue weighted by Crippen LogP contribution is 2.05. The van der Waals surface area contributed by atoms with Crippen molar-refractivity contribution in [2.75, 3.05) is 12.8 Å². The number of nitro groups is 1. The van der Waals surface area contributed by atoms with E-state index in [0.29, 0.717) is 11.6 Å². The molecule has 1 N–H and O–H groups in total. The van der Waals surface area contributed by atoms with Gasteiger partial charge in [-0.05, 0) is 13.2 Å². The van der Waals surface area contributed by atoms with E-state index in [2.05, 4.69) is 5.32 Å². The van der Waals surface area contributed by atoms with Gasteiger partial charge in [0.15, 0.2) is 0 Å². The fraction of sp³-hybridized carbons (Fsp3) is 0.600. The smallest absolute Gasteiger partial charge is 0.263 e. The Morgan fingerprint density at radius 1 is 1.90 bits per heavy atom. The molecule has 0 saturated heterocycles. The second kappa shape index (κ2) is 5.10. The molecule has 0 aliphatic carbocycles. The third-order valence-electron chi connectivity index (χ3n) is 0.794. The van der Waals surface area contributed by atoms with Crippen LogP contribution in [0.25, 0.3) is 0 Å². The lowest BCUT2D eigenvalue weighted by molar-refractivity contribution is -0.403. The predicted octanol–water partition coefficient (Wildman–Crippen LogP) is 1.03. The lowest BCUT2D eigenvalue weighted by Gasteiger charge is -1.99. The number of hydrogen-bond acceptors (Lipinski definition) is 4. The van der Waals surface area contributed by atoms with E-state index in [1.807, 2.05) is 6.92 Å². The number of nitrogens with one attached hydrogen (secondary N) is 1. The Kier molecular flexibility index (Phi) is 4.74. The van der Waals surface area contributed by atoms with Crippen LogP contribution in [0, 0.1) is 10.1 Å². The normalized spacial score (nSPS) is 11.2. The summed E-state index contributed by atoms with van der Waals surface area (Å²) in [6, 6.07) is 0. The monoisotopic (exact) mass is 162 g/mol. The van der Waals surface area contributed by atoms with Gasteiger partial charge < -0.3 is 5.32 Å². The number of hydrogen-bond donors (Lipinski definition) is 1. The van der Waals surface area contributed by atoms with Crippen molar-refractivity contribution in [3.05, 3.63) is 21.3 Å². The Morgan fingerprint density at radius 3 is 2.80 bits per heavy atom. The minimum absolute atomic E-state index is 0.464. The molecule has 0 unspecified atom stereocenters. The highest BCUT2D eigenvalue weighted by molar-refractivity contribution is 8.02. The Bertz CT molecular complexity index is 147. The van der Waals surface area contributed by atoms with Crippen molar-refractivity contribution in [2.45, 2.75) is 6.92 Å². The van der Waals surface area contributed by atoms with Crippen molar-refractivity contribution in [1.29, 1.82) is 0 Å². The highest BCUT2D eigenvalue weighted by atomic mass is 32.2. The summed E-state index contributed by atoms with van der Waals surface area (Å²) in [6.45, 7) is 2.60. The van der Waals surface area contributed by atoms with Crippen LogP contribution >= 0.6 is 11.8 Å².